The van der Waals surface area contributed by atoms with E-state index < -0.39 is 0 Å². The molecule has 0 saturated heterocycles. The van der Waals surface area contributed by atoms with Crippen LogP contribution in [-0.2, 0) is 0 Å². The molecule has 0 spiro atoms. The summed E-state index contributed by atoms with van der Waals surface area (Å²) in [5.74, 6) is 1.42. The minimum absolute atomic E-state index is 0.0891. The number of nitrogens with zero attached hydrogens (tertiary/aromatic N) is 1. The van der Waals surface area contributed by atoms with Gasteiger partial charge >= 0.3 is 0 Å². The molecule has 1 aliphatic carbocycles. The maximum atomic E-state index is 5.92. The van der Waals surface area contributed by atoms with E-state index >= 15 is 0 Å². The Hall–Kier alpha value is -1.05. The molecule has 1 aromatic rings. The Morgan fingerprint density at radius 3 is 2.47 bits per heavy atom. The summed E-state index contributed by atoms with van der Waals surface area (Å²) < 4.78 is 5.92. The summed E-state index contributed by atoms with van der Waals surface area (Å²) in [4.78, 5) is 4.56. The Morgan fingerprint density at radius 2 is 2.00 bits per heavy atom. The van der Waals surface area contributed by atoms with E-state index in [1.54, 1.807) is 0 Å². The van der Waals surface area contributed by atoms with Crippen molar-refractivity contribution >= 4 is 0 Å². The van der Waals surface area contributed by atoms with Gasteiger partial charge in [0.1, 0.15) is 11.4 Å². The molecule has 2 heteroatoms. The molecular weight excluding hydrogens is 186 g/mol. The third-order valence-electron chi connectivity index (χ3n) is 2.96. The minimum atomic E-state index is 0.0891. The zero-order valence-electron chi connectivity index (χ0n) is 10.0. The SMILES string of the molecule is Cc1nc(C(C)C)ccc1OC1(C)CC1. The van der Waals surface area contributed by atoms with E-state index in [0.29, 0.717) is 5.92 Å². The molecule has 0 amide bonds. The van der Waals surface area contributed by atoms with Gasteiger partial charge in [0.05, 0.1) is 5.69 Å². The van der Waals surface area contributed by atoms with Gasteiger partial charge < -0.3 is 4.74 Å². The van der Waals surface area contributed by atoms with Crippen molar-refractivity contribution < 1.29 is 4.74 Å². The van der Waals surface area contributed by atoms with Gasteiger partial charge in [-0.15, -0.1) is 0 Å². The lowest BCUT2D eigenvalue weighted by Gasteiger charge is -2.15. The monoisotopic (exact) mass is 205 g/mol. The molecule has 0 unspecified atom stereocenters. The topological polar surface area (TPSA) is 22.1 Å². The number of ether oxygens (including phenoxy) is 1. The van der Waals surface area contributed by atoms with Crippen molar-refractivity contribution in [2.24, 2.45) is 0 Å². The molecule has 2 rings (SSSR count). The fourth-order valence-electron chi connectivity index (χ4n) is 1.54. The van der Waals surface area contributed by atoms with E-state index in [4.69, 9.17) is 4.74 Å². The summed E-state index contributed by atoms with van der Waals surface area (Å²) in [6.45, 7) is 8.49. The molecular formula is C13H19NO. The van der Waals surface area contributed by atoms with Crippen molar-refractivity contribution in [1.82, 2.24) is 4.98 Å². The van der Waals surface area contributed by atoms with E-state index in [1.165, 1.54) is 12.8 Å². The largest absolute Gasteiger partial charge is 0.486 e. The first kappa shape index (κ1) is 10.5. The Labute approximate surface area is 91.7 Å². The molecule has 1 aromatic heterocycles. The van der Waals surface area contributed by atoms with Crippen LogP contribution in [0, 0.1) is 6.92 Å². The lowest BCUT2D eigenvalue weighted by molar-refractivity contribution is 0.198. The van der Waals surface area contributed by atoms with E-state index in [1.807, 2.05) is 6.92 Å². The second-order valence-electron chi connectivity index (χ2n) is 5.03. The Bertz CT molecular complexity index is 367. The summed E-state index contributed by atoms with van der Waals surface area (Å²) in [7, 11) is 0. The van der Waals surface area contributed by atoms with Crippen molar-refractivity contribution in [2.75, 3.05) is 0 Å². The normalized spacial score (nSPS) is 17.9. The molecule has 0 radical (unpaired) electrons. The van der Waals surface area contributed by atoms with Gasteiger partial charge in [0, 0.05) is 5.69 Å². The summed E-state index contributed by atoms with van der Waals surface area (Å²) in [6.07, 6.45) is 2.33. The molecule has 82 valence electrons. The highest BCUT2D eigenvalue weighted by Crippen LogP contribution is 2.40. The third-order valence-corrected chi connectivity index (χ3v) is 2.96. The van der Waals surface area contributed by atoms with Crippen molar-refractivity contribution in [3.63, 3.8) is 0 Å². The van der Waals surface area contributed by atoms with Crippen LogP contribution in [0.5, 0.6) is 5.75 Å². The smallest absolute Gasteiger partial charge is 0.141 e. The molecule has 1 heterocycles. The Kier molecular flexibility index (Phi) is 2.45. The first-order chi connectivity index (χ1) is 7.00. The number of hydrogen-bond acceptors (Lipinski definition) is 2. The molecule has 1 aliphatic rings. The average Bonchev–Trinajstić information content (AvgIpc) is 2.87. The van der Waals surface area contributed by atoms with Gasteiger partial charge in [0.2, 0.25) is 0 Å². The highest BCUT2D eigenvalue weighted by Gasteiger charge is 2.40. The number of rotatable bonds is 3. The van der Waals surface area contributed by atoms with Crippen molar-refractivity contribution in [3.05, 3.63) is 23.5 Å². The van der Waals surface area contributed by atoms with Crippen LogP contribution < -0.4 is 4.74 Å². The van der Waals surface area contributed by atoms with Crippen LogP contribution in [0.15, 0.2) is 12.1 Å². The molecule has 2 nitrogen and oxygen atoms in total. The first-order valence-electron chi connectivity index (χ1n) is 5.67. The van der Waals surface area contributed by atoms with E-state index in [9.17, 15) is 0 Å². The lowest BCUT2D eigenvalue weighted by atomic mass is 10.1. The number of aryl methyl sites for hydroxylation is 1. The van der Waals surface area contributed by atoms with E-state index in [0.717, 1.165) is 17.1 Å². The molecule has 15 heavy (non-hydrogen) atoms. The molecule has 0 aliphatic heterocycles. The van der Waals surface area contributed by atoms with Crippen molar-refractivity contribution in [1.29, 1.82) is 0 Å². The maximum Gasteiger partial charge on any atom is 0.141 e. The van der Waals surface area contributed by atoms with E-state index in [-0.39, 0.29) is 5.60 Å². The molecule has 0 bridgehead atoms. The fourth-order valence-corrected chi connectivity index (χ4v) is 1.54. The molecule has 0 atom stereocenters. The standard InChI is InChI=1S/C13H19NO/c1-9(2)11-5-6-12(10(3)14-11)15-13(4)7-8-13/h5-6,9H,7-8H2,1-4H3. The van der Waals surface area contributed by atoms with Crippen LogP contribution in [0.3, 0.4) is 0 Å². The molecule has 0 N–H and O–H groups in total. The summed E-state index contributed by atoms with van der Waals surface area (Å²) in [6, 6.07) is 4.12. The van der Waals surface area contributed by atoms with Gasteiger partial charge in [-0.05, 0) is 44.7 Å². The quantitative estimate of drug-likeness (QED) is 0.754. The highest BCUT2D eigenvalue weighted by molar-refractivity contribution is 5.30. The van der Waals surface area contributed by atoms with Crippen LogP contribution in [0.2, 0.25) is 0 Å². The number of hydrogen-bond donors (Lipinski definition) is 0. The van der Waals surface area contributed by atoms with Gasteiger partial charge in [-0.3, -0.25) is 4.98 Å². The molecule has 1 saturated carbocycles. The van der Waals surface area contributed by atoms with Crippen LogP contribution >= 0.6 is 0 Å². The Morgan fingerprint density at radius 1 is 1.33 bits per heavy atom. The first-order valence-corrected chi connectivity index (χ1v) is 5.67. The van der Waals surface area contributed by atoms with Crippen molar-refractivity contribution in [2.45, 2.75) is 52.1 Å². The average molecular weight is 205 g/mol. The van der Waals surface area contributed by atoms with Crippen LogP contribution in [0.4, 0.5) is 0 Å². The van der Waals surface area contributed by atoms with Gasteiger partial charge in [-0.1, -0.05) is 13.8 Å². The summed E-state index contributed by atoms with van der Waals surface area (Å²) in [5, 5.41) is 0. The molecule has 1 fully saturated rings. The van der Waals surface area contributed by atoms with E-state index in [2.05, 4.69) is 37.9 Å². The highest BCUT2D eigenvalue weighted by atomic mass is 16.5. The van der Waals surface area contributed by atoms with Gasteiger partial charge in [0.15, 0.2) is 0 Å². The summed E-state index contributed by atoms with van der Waals surface area (Å²) >= 11 is 0. The van der Waals surface area contributed by atoms with Crippen LogP contribution in [-0.4, -0.2) is 10.6 Å². The summed E-state index contributed by atoms with van der Waals surface area (Å²) in [5.41, 5.74) is 2.24. The number of pyridine rings is 1. The third kappa shape index (κ3) is 2.31. The zero-order chi connectivity index (χ0) is 11.1. The fraction of sp³-hybridized carbons (Fsp3) is 0.615. The molecule has 0 aromatic carbocycles. The predicted octanol–water partition coefficient (Wildman–Crippen LogP) is 3.44. The van der Waals surface area contributed by atoms with Gasteiger partial charge in [-0.25, -0.2) is 0 Å². The van der Waals surface area contributed by atoms with Crippen molar-refractivity contribution in [3.8, 4) is 5.75 Å². The zero-order valence-corrected chi connectivity index (χ0v) is 10.0. The predicted molar refractivity (Wildman–Crippen MR) is 61.3 cm³/mol. The minimum Gasteiger partial charge on any atom is -0.486 e. The van der Waals surface area contributed by atoms with Gasteiger partial charge in [0.25, 0.3) is 0 Å². The van der Waals surface area contributed by atoms with Gasteiger partial charge in [-0.2, -0.15) is 0 Å². The Balaban J connectivity index is 2.19. The second-order valence-corrected chi connectivity index (χ2v) is 5.03. The van der Waals surface area contributed by atoms with Crippen LogP contribution in [0.1, 0.15) is 50.9 Å². The number of aromatic nitrogens is 1. The maximum absolute atomic E-state index is 5.92. The van der Waals surface area contributed by atoms with Crippen LogP contribution in [0.25, 0.3) is 0 Å². The lowest BCUT2D eigenvalue weighted by Crippen LogP contribution is -2.13. The second kappa shape index (κ2) is 3.51.